The zero-order valence-electron chi connectivity index (χ0n) is 11.6. The molecule has 1 aromatic carbocycles. The summed E-state index contributed by atoms with van der Waals surface area (Å²) in [6, 6.07) is 8.85. The molecule has 0 aliphatic heterocycles. The van der Waals surface area contributed by atoms with Crippen molar-refractivity contribution in [2.24, 2.45) is 0 Å². The zero-order valence-corrected chi connectivity index (χ0v) is 11.6. The first-order valence-corrected chi connectivity index (χ1v) is 6.62. The number of likely N-dealkylation sites (N-methyl/N-ethyl adjacent to an activating group) is 1. The summed E-state index contributed by atoms with van der Waals surface area (Å²) >= 11 is 0. The van der Waals surface area contributed by atoms with Gasteiger partial charge in [0, 0.05) is 23.7 Å². The van der Waals surface area contributed by atoms with Crippen molar-refractivity contribution in [3.8, 4) is 0 Å². The Balaban J connectivity index is 2.13. The predicted octanol–water partition coefficient (Wildman–Crippen LogP) is 3.39. The first kappa shape index (κ1) is 14.3. The van der Waals surface area contributed by atoms with Crippen LogP contribution in [0.3, 0.4) is 0 Å². The molecule has 0 radical (unpaired) electrons. The van der Waals surface area contributed by atoms with Crippen molar-refractivity contribution in [2.75, 3.05) is 6.54 Å². The third-order valence-electron chi connectivity index (χ3n) is 3.19. The lowest BCUT2D eigenvalue weighted by molar-refractivity contribution is -0.384. The zero-order chi connectivity index (χ0) is 14.5. The second-order valence-electron chi connectivity index (χ2n) is 4.73. The SMILES string of the molecule is CCNC(Cc1ccc([N+](=O)[O-])cc1)c1coc(C)c1. The van der Waals surface area contributed by atoms with E-state index in [0.29, 0.717) is 0 Å². The van der Waals surface area contributed by atoms with Crippen LogP contribution in [0.25, 0.3) is 0 Å². The van der Waals surface area contributed by atoms with Gasteiger partial charge in [-0.3, -0.25) is 10.1 Å². The fraction of sp³-hybridized carbons (Fsp3) is 0.333. The highest BCUT2D eigenvalue weighted by atomic mass is 16.6. The standard InChI is InChI=1S/C15H18N2O3/c1-3-16-15(13-8-11(2)20-10-13)9-12-4-6-14(7-5-12)17(18)19/h4-8,10,15-16H,3,9H2,1-2H3. The molecule has 20 heavy (non-hydrogen) atoms. The van der Waals surface area contributed by atoms with Crippen LogP contribution in [-0.2, 0) is 6.42 Å². The third-order valence-corrected chi connectivity index (χ3v) is 3.19. The molecule has 1 unspecified atom stereocenters. The molecule has 0 aliphatic rings. The lowest BCUT2D eigenvalue weighted by Crippen LogP contribution is -2.22. The molecule has 1 N–H and O–H groups in total. The van der Waals surface area contributed by atoms with Gasteiger partial charge in [0.1, 0.15) is 5.76 Å². The van der Waals surface area contributed by atoms with E-state index in [0.717, 1.165) is 29.9 Å². The molecule has 2 rings (SSSR count). The number of aryl methyl sites for hydroxylation is 1. The summed E-state index contributed by atoms with van der Waals surface area (Å²) in [6.07, 6.45) is 2.53. The van der Waals surface area contributed by atoms with Gasteiger partial charge >= 0.3 is 0 Å². The Kier molecular flexibility index (Phi) is 4.53. The highest BCUT2D eigenvalue weighted by Gasteiger charge is 2.14. The lowest BCUT2D eigenvalue weighted by Gasteiger charge is -2.16. The van der Waals surface area contributed by atoms with Crippen molar-refractivity contribution in [3.63, 3.8) is 0 Å². The van der Waals surface area contributed by atoms with Crippen LogP contribution < -0.4 is 5.32 Å². The molecule has 0 bridgehead atoms. The molecule has 0 amide bonds. The third kappa shape index (κ3) is 3.45. The normalized spacial score (nSPS) is 12.3. The van der Waals surface area contributed by atoms with Gasteiger partial charge in [-0.25, -0.2) is 0 Å². The Labute approximate surface area is 117 Å². The summed E-state index contributed by atoms with van der Waals surface area (Å²) < 4.78 is 5.35. The van der Waals surface area contributed by atoms with Crippen molar-refractivity contribution in [1.29, 1.82) is 0 Å². The first-order valence-electron chi connectivity index (χ1n) is 6.62. The van der Waals surface area contributed by atoms with Crippen LogP contribution in [0.4, 0.5) is 5.69 Å². The van der Waals surface area contributed by atoms with Crippen LogP contribution in [0.2, 0.25) is 0 Å². The highest BCUT2D eigenvalue weighted by molar-refractivity contribution is 5.34. The van der Waals surface area contributed by atoms with Gasteiger partial charge in [0.05, 0.1) is 11.2 Å². The van der Waals surface area contributed by atoms with E-state index >= 15 is 0 Å². The quantitative estimate of drug-likeness (QED) is 0.647. The number of nitrogens with zero attached hydrogens (tertiary/aromatic N) is 1. The van der Waals surface area contributed by atoms with E-state index < -0.39 is 0 Å². The first-order chi connectivity index (χ1) is 9.60. The van der Waals surface area contributed by atoms with Gasteiger partial charge < -0.3 is 9.73 Å². The molecule has 2 aromatic rings. The molecule has 1 aromatic heterocycles. The minimum atomic E-state index is -0.384. The molecule has 106 valence electrons. The van der Waals surface area contributed by atoms with Gasteiger partial charge in [-0.2, -0.15) is 0 Å². The Hall–Kier alpha value is -2.14. The molecule has 5 nitrogen and oxygen atoms in total. The fourth-order valence-corrected chi connectivity index (χ4v) is 2.19. The largest absolute Gasteiger partial charge is 0.469 e. The Bertz CT molecular complexity index is 575. The van der Waals surface area contributed by atoms with Crippen LogP contribution in [-0.4, -0.2) is 11.5 Å². The van der Waals surface area contributed by atoms with Crippen LogP contribution in [0.5, 0.6) is 0 Å². The Morgan fingerprint density at radius 3 is 2.55 bits per heavy atom. The Morgan fingerprint density at radius 2 is 2.05 bits per heavy atom. The number of nitrogens with one attached hydrogen (secondary N) is 1. The highest BCUT2D eigenvalue weighted by Crippen LogP contribution is 2.22. The van der Waals surface area contributed by atoms with Crippen molar-refractivity contribution in [3.05, 3.63) is 63.6 Å². The number of benzene rings is 1. The van der Waals surface area contributed by atoms with Gasteiger partial charge in [-0.05, 0) is 31.5 Å². The van der Waals surface area contributed by atoms with E-state index in [1.807, 2.05) is 13.0 Å². The maximum atomic E-state index is 10.6. The number of hydrogen-bond acceptors (Lipinski definition) is 4. The predicted molar refractivity (Wildman–Crippen MR) is 76.7 cm³/mol. The maximum absolute atomic E-state index is 10.6. The fourth-order valence-electron chi connectivity index (χ4n) is 2.19. The van der Waals surface area contributed by atoms with E-state index in [1.165, 1.54) is 0 Å². The summed E-state index contributed by atoms with van der Waals surface area (Å²) in [5.41, 5.74) is 2.27. The average Bonchev–Trinajstić information content (AvgIpc) is 2.85. The van der Waals surface area contributed by atoms with E-state index in [-0.39, 0.29) is 16.7 Å². The van der Waals surface area contributed by atoms with Crippen molar-refractivity contribution < 1.29 is 9.34 Å². The molecule has 0 aliphatic carbocycles. The molecule has 0 fully saturated rings. The van der Waals surface area contributed by atoms with E-state index in [9.17, 15) is 10.1 Å². The molecule has 1 atom stereocenters. The summed E-state index contributed by atoms with van der Waals surface area (Å²) in [7, 11) is 0. The number of non-ortho nitro benzene ring substituents is 1. The van der Waals surface area contributed by atoms with Crippen LogP contribution in [0.15, 0.2) is 41.0 Å². The summed E-state index contributed by atoms with van der Waals surface area (Å²) in [5.74, 6) is 0.881. The maximum Gasteiger partial charge on any atom is 0.269 e. The molecule has 0 spiro atoms. The number of hydrogen-bond donors (Lipinski definition) is 1. The Morgan fingerprint density at radius 1 is 1.35 bits per heavy atom. The van der Waals surface area contributed by atoms with Crippen LogP contribution in [0, 0.1) is 17.0 Å². The molecular weight excluding hydrogens is 256 g/mol. The van der Waals surface area contributed by atoms with Crippen molar-refractivity contribution in [2.45, 2.75) is 26.3 Å². The number of nitro benzene ring substituents is 1. The topological polar surface area (TPSA) is 68.3 Å². The molecular formula is C15H18N2O3. The minimum Gasteiger partial charge on any atom is -0.469 e. The monoisotopic (exact) mass is 274 g/mol. The van der Waals surface area contributed by atoms with Gasteiger partial charge in [0.2, 0.25) is 0 Å². The second-order valence-corrected chi connectivity index (χ2v) is 4.73. The number of furan rings is 1. The summed E-state index contributed by atoms with van der Waals surface area (Å²) in [4.78, 5) is 10.3. The van der Waals surface area contributed by atoms with Crippen molar-refractivity contribution >= 4 is 5.69 Å². The summed E-state index contributed by atoms with van der Waals surface area (Å²) in [6.45, 7) is 4.82. The average molecular weight is 274 g/mol. The minimum absolute atomic E-state index is 0.118. The van der Waals surface area contributed by atoms with E-state index in [2.05, 4.69) is 12.2 Å². The van der Waals surface area contributed by atoms with Gasteiger partial charge in [0.25, 0.3) is 5.69 Å². The number of nitro groups is 1. The molecule has 5 heteroatoms. The van der Waals surface area contributed by atoms with Crippen molar-refractivity contribution in [1.82, 2.24) is 5.32 Å². The second kappa shape index (κ2) is 6.34. The molecule has 1 heterocycles. The number of rotatable bonds is 6. The molecule has 0 saturated heterocycles. The van der Waals surface area contributed by atoms with Gasteiger partial charge in [-0.1, -0.05) is 19.1 Å². The van der Waals surface area contributed by atoms with Crippen LogP contribution >= 0.6 is 0 Å². The summed E-state index contributed by atoms with van der Waals surface area (Å²) in [5, 5.41) is 14.0. The van der Waals surface area contributed by atoms with Gasteiger partial charge in [-0.15, -0.1) is 0 Å². The lowest BCUT2D eigenvalue weighted by atomic mass is 10.0. The van der Waals surface area contributed by atoms with Crippen LogP contribution in [0.1, 0.15) is 29.9 Å². The van der Waals surface area contributed by atoms with E-state index in [1.54, 1.807) is 30.5 Å². The smallest absolute Gasteiger partial charge is 0.269 e. The van der Waals surface area contributed by atoms with Gasteiger partial charge in [0.15, 0.2) is 0 Å². The molecule has 0 saturated carbocycles. The van der Waals surface area contributed by atoms with E-state index in [4.69, 9.17) is 4.42 Å².